The van der Waals surface area contributed by atoms with Crippen LogP contribution in [0.3, 0.4) is 0 Å². The predicted octanol–water partition coefficient (Wildman–Crippen LogP) is 4.51. The average Bonchev–Trinajstić information content (AvgIpc) is 3.60. The Bertz CT molecular complexity index is 903. The van der Waals surface area contributed by atoms with Gasteiger partial charge in [0.25, 0.3) is 0 Å². The van der Waals surface area contributed by atoms with Crippen molar-refractivity contribution in [2.45, 2.75) is 58.0 Å². The summed E-state index contributed by atoms with van der Waals surface area (Å²) in [6.07, 6.45) is 2.59. The van der Waals surface area contributed by atoms with Gasteiger partial charge in [0.15, 0.2) is 0 Å². The number of benzene rings is 2. The summed E-state index contributed by atoms with van der Waals surface area (Å²) in [5, 5.41) is 0. The second-order valence-electron chi connectivity index (χ2n) is 8.51. The van der Waals surface area contributed by atoms with Gasteiger partial charge in [0.2, 0.25) is 11.8 Å². The summed E-state index contributed by atoms with van der Waals surface area (Å²) >= 11 is 0. The van der Waals surface area contributed by atoms with Gasteiger partial charge in [-0.1, -0.05) is 50.2 Å². The maximum absolute atomic E-state index is 13.0. The summed E-state index contributed by atoms with van der Waals surface area (Å²) in [4.78, 5) is 29.5. The van der Waals surface area contributed by atoms with Crippen molar-refractivity contribution in [3.63, 3.8) is 0 Å². The van der Waals surface area contributed by atoms with E-state index >= 15 is 0 Å². The first-order valence-corrected chi connectivity index (χ1v) is 10.9. The zero-order valence-corrected chi connectivity index (χ0v) is 17.8. The van der Waals surface area contributed by atoms with E-state index in [1.807, 2.05) is 29.2 Å². The predicted molar refractivity (Wildman–Crippen MR) is 118 cm³/mol. The topological polar surface area (TPSA) is 49.9 Å². The molecule has 1 aliphatic carbocycles. The fourth-order valence-corrected chi connectivity index (χ4v) is 3.93. The van der Waals surface area contributed by atoms with Crippen LogP contribution in [0.4, 0.5) is 5.69 Å². The summed E-state index contributed by atoms with van der Waals surface area (Å²) < 4.78 is 5.63. The summed E-state index contributed by atoms with van der Waals surface area (Å²) in [5.41, 5.74) is 3.25. The van der Waals surface area contributed by atoms with Crippen molar-refractivity contribution in [1.29, 1.82) is 0 Å². The second kappa shape index (κ2) is 8.90. The Balaban J connectivity index is 1.36. The molecule has 0 spiro atoms. The molecule has 0 aromatic heterocycles. The zero-order valence-electron chi connectivity index (χ0n) is 17.8. The molecular formula is C25H30N2O3. The Morgan fingerprint density at radius 1 is 1.07 bits per heavy atom. The van der Waals surface area contributed by atoms with E-state index in [-0.39, 0.29) is 24.7 Å². The Labute approximate surface area is 178 Å². The lowest BCUT2D eigenvalue weighted by atomic mass is 10.0. The minimum absolute atomic E-state index is 0.0175. The van der Waals surface area contributed by atoms with Gasteiger partial charge >= 0.3 is 0 Å². The molecule has 0 radical (unpaired) electrons. The number of carbonyl (C=O) groups is 2. The molecule has 1 heterocycles. The first-order valence-electron chi connectivity index (χ1n) is 10.9. The van der Waals surface area contributed by atoms with Gasteiger partial charge in [-0.05, 0) is 42.0 Å². The van der Waals surface area contributed by atoms with E-state index in [1.165, 1.54) is 5.56 Å². The smallest absolute Gasteiger partial charge is 0.227 e. The minimum atomic E-state index is -0.0175. The molecule has 1 aliphatic heterocycles. The number of anilines is 1. The second-order valence-corrected chi connectivity index (χ2v) is 8.51. The van der Waals surface area contributed by atoms with Crippen LogP contribution >= 0.6 is 0 Å². The molecular weight excluding hydrogens is 376 g/mol. The van der Waals surface area contributed by atoms with Crippen LogP contribution in [0.1, 0.15) is 56.6 Å². The number of hydrogen-bond donors (Lipinski definition) is 0. The number of hydrogen-bond acceptors (Lipinski definition) is 3. The summed E-state index contributed by atoms with van der Waals surface area (Å²) in [6, 6.07) is 16.4. The fourth-order valence-electron chi connectivity index (χ4n) is 3.93. The van der Waals surface area contributed by atoms with Crippen molar-refractivity contribution in [3.8, 4) is 5.75 Å². The molecule has 2 aliphatic rings. The van der Waals surface area contributed by atoms with Crippen LogP contribution in [0.25, 0.3) is 0 Å². The van der Waals surface area contributed by atoms with Crippen LogP contribution in [0, 0.1) is 0 Å². The molecule has 0 unspecified atom stereocenters. The van der Waals surface area contributed by atoms with Crippen LogP contribution < -0.4 is 9.64 Å². The highest BCUT2D eigenvalue weighted by Gasteiger charge is 2.33. The molecule has 30 heavy (non-hydrogen) atoms. The molecule has 158 valence electrons. The Kier molecular flexibility index (Phi) is 6.07. The summed E-state index contributed by atoms with van der Waals surface area (Å²) in [6.45, 7) is 5.99. The Hall–Kier alpha value is -2.82. The molecule has 0 N–H and O–H groups in total. The van der Waals surface area contributed by atoms with Crippen LogP contribution in [-0.4, -0.2) is 35.9 Å². The van der Waals surface area contributed by atoms with Gasteiger partial charge < -0.3 is 14.5 Å². The normalized spacial score (nSPS) is 15.5. The monoisotopic (exact) mass is 406 g/mol. The molecule has 1 saturated carbocycles. The van der Waals surface area contributed by atoms with E-state index in [0.717, 1.165) is 29.8 Å². The molecule has 2 amide bonds. The molecule has 0 saturated heterocycles. The number of rotatable bonds is 7. The third kappa shape index (κ3) is 4.66. The van der Waals surface area contributed by atoms with Crippen molar-refractivity contribution >= 4 is 17.5 Å². The highest BCUT2D eigenvalue weighted by molar-refractivity contribution is 5.97. The lowest BCUT2D eigenvalue weighted by Gasteiger charge is -2.30. The van der Waals surface area contributed by atoms with Gasteiger partial charge in [-0.25, -0.2) is 0 Å². The van der Waals surface area contributed by atoms with Crippen LogP contribution in [0.2, 0.25) is 0 Å². The first kappa shape index (κ1) is 20.5. The van der Waals surface area contributed by atoms with Crippen molar-refractivity contribution in [3.05, 3.63) is 59.7 Å². The van der Waals surface area contributed by atoms with Gasteiger partial charge in [0.05, 0.1) is 12.2 Å². The van der Waals surface area contributed by atoms with Gasteiger partial charge in [0, 0.05) is 25.4 Å². The molecule has 2 aromatic rings. The van der Waals surface area contributed by atoms with E-state index in [2.05, 4.69) is 38.1 Å². The number of para-hydroxylation sites is 2. The van der Waals surface area contributed by atoms with Gasteiger partial charge in [-0.15, -0.1) is 0 Å². The lowest BCUT2D eigenvalue weighted by Crippen LogP contribution is -2.39. The SMILES string of the molecule is CC(C)c1ccc(CN(C(=O)CCC(=O)N2CCOc3ccccc32)C2CC2)cc1. The molecule has 0 atom stereocenters. The molecule has 5 heteroatoms. The maximum Gasteiger partial charge on any atom is 0.227 e. The van der Waals surface area contributed by atoms with Gasteiger partial charge in [0.1, 0.15) is 12.4 Å². The number of nitrogens with zero attached hydrogens (tertiary/aromatic N) is 2. The third-order valence-corrected chi connectivity index (χ3v) is 5.89. The van der Waals surface area contributed by atoms with E-state index in [4.69, 9.17) is 4.74 Å². The minimum Gasteiger partial charge on any atom is -0.490 e. The van der Waals surface area contributed by atoms with E-state index in [0.29, 0.717) is 31.7 Å². The third-order valence-electron chi connectivity index (χ3n) is 5.89. The highest BCUT2D eigenvalue weighted by Crippen LogP contribution is 2.32. The van der Waals surface area contributed by atoms with E-state index in [9.17, 15) is 9.59 Å². The van der Waals surface area contributed by atoms with Crippen LogP contribution in [-0.2, 0) is 16.1 Å². The molecule has 5 nitrogen and oxygen atoms in total. The number of carbonyl (C=O) groups excluding carboxylic acids is 2. The highest BCUT2D eigenvalue weighted by atomic mass is 16.5. The first-order chi connectivity index (χ1) is 14.5. The van der Waals surface area contributed by atoms with Crippen molar-refractivity contribution in [1.82, 2.24) is 4.90 Å². The summed E-state index contributed by atoms with van der Waals surface area (Å²) in [7, 11) is 0. The average molecular weight is 407 g/mol. The summed E-state index contributed by atoms with van der Waals surface area (Å²) in [5.74, 6) is 1.28. The van der Waals surface area contributed by atoms with Crippen molar-refractivity contribution < 1.29 is 14.3 Å². The van der Waals surface area contributed by atoms with E-state index < -0.39 is 0 Å². The number of ether oxygens (including phenoxy) is 1. The van der Waals surface area contributed by atoms with Crippen LogP contribution in [0.5, 0.6) is 5.75 Å². The lowest BCUT2D eigenvalue weighted by molar-refractivity contribution is -0.134. The quantitative estimate of drug-likeness (QED) is 0.680. The molecule has 4 rings (SSSR count). The van der Waals surface area contributed by atoms with Crippen LogP contribution in [0.15, 0.2) is 48.5 Å². The number of amides is 2. The molecule has 0 bridgehead atoms. The fraction of sp³-hybridized carbons (Fsp3) is 0.440. The zero-order chi connectivity index (χ0) is 21.1. The standard InChI is InChI=1S/C25H30N2O3/c1-18(2)20-9-7-19(8-10-20)17-27(21-11-12-21)25(29)14-13-24(28)26-15-16-30-23-6-4-3-5-22(23)26/h3-10,18,21H,11-17H2,1-2H3. The van der Waals surface area contributed by atoms with Crippen molar-refractivity contribution in [2.75, 3.05) is 18.1 Å². The van der Waals surface area contributed by atoms with Gasteiger partial charge in [-0.2, -0.15) is 0 Å². The maximum atomic E-state index is 13.0. The van der Waals surface area contributed by atoms with Gasteiger partial charge in [-0.3, -0.25) is 9.59 Å². The molecule has 1 fully saturated rings. The van der Waals surface area contributed by atoms with Crippen molar-refractivity contribution in [2.24, 2.45) is 0 Å². The van der Waals surface area contributed by atoms with E-state index in [1.54, 1.807) is 4.90 Å². The Morgan fingerprint density at radius 3 is 2.50 bits per heavy atom. The molecule has 2 aromatic carbocycles. The largest absolute Gasteiger partial charge is 0.490 e. The number of fused-ring (bicyclic) bond motifs is 1. The Morgan fingerprint density at radius 2 is 1.80 bits per heavy atom.